The molecule has 1 aliphatic rings. The number of anilines is 1. The molecule has 1 N–H and O–H groups in total. The molecule has 9 heteroatoms. The Kier molecular flexibility index (Phi) is 6.01. The van der Waals surface area contributed by atoms with Crippen LogP contribution in [-0.2, 0) is 22.3 Å². The van der Waals surface area contributed by atoms with Crippen molar-refractivity contribution in [1.82, 2.24) is 14.7 Å². The number of benzene rings is 1. The van der Waals surface area contributed by atoms with Crippen molar-refractivity contribution in [2.75, 3.05) is 18.0 Å². The van der Waals surface area contributed by atoms with Crippen molar-refractivity contribution in [1.29, 1.82) is 0 Å². The van der Waals surface area contributed by atoms with Crippen LogP contribution in [0.5, 0.6) is 0 Å². The predicted octanol–water partition coefficient (Wildman–Crippen LogP) is 2.67. The van der Waals surface area contributed by atoms with Gasteiger partial charge in [-0.1, -0.05) is 0 Å². The lowest BCUT2D eigenvalue weighted by atomic mass is 10.1. The van der Waals surface area contributed by atoms with Gasteiger partial charge in [-0.3, -0.25) is 0 Å². The van der Waals surface area contributed by atoms with E-state index in [0.717, 1.165) is 49.8 Å². The molecule has 1 aliphatic heterocycles. The molecular weight excluding hydrogens is 374 g/mol. The largest absolute Gasteiger partial charge is 0.341 e. The van der Waals surface area contributed by atoms with Gasteiger partial charge >= 0.3 is 0 Å². The second-order valence-electron chi connectivity index (χ2n) is 6.66. The average molecular weight is 396 g/mol. The maximum absolute atomic E-state index is 13.7. The summed E-state index contributed by atoms with van der Waals surface area (Å²) in [6, 6.07) is 4.46. The van der Waals surface area contributed by atoms with E-state index in [9.17, 15) is 17.2 Å². The number of aromatic nitrogens is 2. The Morgan fingerprint density at radius 1 is 1.11 bits per heavy atom. The summed E-state index contributed by atoms with van der Waals surface area (Å²) >= 11 is 0. The van der Waals surface area contributed by atoms with Gasteiger partial charge in [0, 0.05) is 24.3 Å². The molecule has 0 radical (unpaired) electrons. The fourth-order valence-corrected chi connectivity index (χ4v) is 4.14. The van der Waals surface area contributed by atoms with Crippen LogP contribution in [0.25, 0.3) is 0 Å². The first-order chi connectivity index (χ1) is 12.8. The van der Waals surface area contributed by atoms with Gasteiger partial charge in [0.2, 0.25) is 16.0 Å². The number of nitrogens with zero attached hydrogens (tertiary/aromatic N) is 3. The second-order valence-corrected chi connectivity index (χ2v) is 8.47. The molecule has 0 amide bonds. The van der Waals surface area contributed by atoms with Gasteiger partial charge in [0.05, 0.1) is 18.0 Å². The minimum Gasteiger partial charge on any atom is -0.341 e. The van der Waals surface area contributed by atoms with Gasteiger partial charge in [-0.05, 0) is 50.5 Å². The highest BCUT2D eigenvalue weighted by Crippen LogP contribution is 2.17. The third kappa shape index (κ3) is 5.43. The summed E-state index contributed by atoms with van der Waals surface area (Å²) in [7, 11) is -3.85. The van der Waals surface area contributed by atoms with Crippen LogP contribution in [0.15, 0.2) is 24.3 Å². The van der Waals surface area contributed by atoms with Gasteiger partial charge in [0.15, 0.2) is 0 Å². The van der Waals surface area contributed by atoms with Gasteiger partial charge in [0.1, 0.15) is 11.6 Å². The summed E-state index contributed by atoms with van der Waals surface area (Å²) < 4.78 is 53.8. The Morgan fingerprint density at radius 3 is 2.59 bits per heavy atom. The molecule has 2 heterocycles. The lowest BCUT2D eigenvalue weighted by Crippen LogP contribution is -2.32. The van der Waals surface area contributed by atoms with Crippen molar-refractivity contribution in [3.63, 3.8) is 0 Å². The first kappa shape index (κ1) is 19.6. The second kappa shape index (κ2) is 8.26. The fraction of sp³-hybridized carbons (Fsp3) is 0.444. The number of hydrogen-bond donors (Lipinski definition) is 1. The number of rotatable bonds is 6. The van der Waals surface area contributed by atoms with Crippen LogP contribution >= 0.6 is 0 Å². The van der Waals surface area contributed by atoms with Gasteiger partial charge in [-0.25, -0.2) is 31.9 Å². The summed E-state index contributed by atoms with van der Waals surface area (Å²) in [5.74, 6) is -1.48. The number of nitrogens with one attached hydrogen (secondary N) is 1. The highest BCUT2D eigenvalue weighted by molar-refractivity contribution is 7.88. The van der Waals surface area contributed by atoms with Gasteiger partial charge in [-0.2, -0.15) is 0 Å². The molecule has 1 aromatic carbocycles. The number of aryl methyl sites for hydroxylation is 1. The monoisotopic (exact) mass is 396 g/mol. The fourth-order valence-electron chi connectivity index (χ4n) is 3.04. The van der Waals surface area contributed by atoms with E-state index in [1.165, 1.54) is 6.42 Å². The maximum atomic E-state index is 13.7. The zero-order valence-electron chi connectivity index (χ0n) is 15.1. The molecule has 27 heavy (non-hydrogen) atoms. The van der Waals surface area contributed by atoms with E-state index in [1.54, 1.807) is 6.07 Å². The molecule has 1 fully saturated rings. The number of halogens is 2. The molecule has 1 saturated heterocycles. The molecule has 0 unspecified atom stereocenters. The van der Waals surface area contributed by atoms with E-state index < -0.39 is 27.4 Å². The van der Waals surface area contributed by atoms with Crippen LogP contribution in [0, 0.1) is 18.6 Å². The van der Waals surface area contributed by atoms with Crippen molar-refractivity contribution < 1.29 is 17.2 Å². The number of sulfonamides is 1. The third-order valence-corrected chi connectivity index (χ3v) is 5.64. The lowest BCUT2D eigenvalue weighted by Gasteiger charge is -2.27. The first-order valence-electron chi connectivity index (χ1n) is 8.83. The molecule has 2 aromatic rings. The zero-order valence-corrected chi connectivity index (χ0v) is 15.9. The smallest absolute Gasteiger partial charge is 0.225 e. The normalized spacial score (nSPS) is 15.1. The number of piperidine rings is 1. The zero-order chi connectivity index (χ0) is 19.4. The summed E-state index contributed by atoms with van der Waals surface area (Å²) in [5, 5.41) is 0. The van der Waals surface area contributed by atoms with E-state index in [-0.39, 0.29) is 12.1 Å². The standard InChI is InChI=1S/C18H22F2N4O2S/c1-13-9-16(23-18(22-13)24-7-3-2-4-8-24)11-21-27(25,26)12-14-10-15(19)5-6-17(14)20/h5-6,9-10,21H,2-4,7-8,11-12H2,1H3. The van der Waals surface area contributed by atoms with Crippen LogP contribution in [0.4, 0.5) is 14.7 Å². The van der Waals surface area contributed by atoms with Crippen LogP contribution in [-0.4, -0.2) is 31.5 Å². The summed E-state index contributed by atoms with van der Waals surface area (Å²) in [6.07, 6.45) is 3.35. The van der Waals surface area contributed by atoms with Crippen molar-refractivity contribution in [3.05, 3.63) is 52.9 Å². The van der Waals surface area contributed by atoms with Gasteiger partial charge in [0.25, 0.3) is 0 Å². The Labute approximate surface area is 157 Å². The lowest BCUT2D eigenvalue weighted by molar-refractivity contribution is 0.563. The Bertz CT molecular complexity index is 916. The van der Waals surface area contributed by atoms with Crippen molar-refractivity contribution in [2.24, 2.45) is 0 Å². The van der Waals surface area contributed by atoms with Crippen LogP contribution in [0.3, 0.4) is 0 Å². The Balaban J connectivity index is 1.69. The minimum atomic E-state index is -3.85. The highest BCUT2D eigenvalue weighted by atomic mass is 32.2. The van der Waals surface area contributed by atoms with Crippen molar-refractivity contribution in [3.8, 4) is 0 Å². The molecular formula is C18H22F2N4O2S. The molecule has 0 saturated carbocycles. The number of hydrogen-bond acceptors (Lipinski definition) is 5. The molecule has 0 spiro atoms. The van der Waals surface area contributed by atoms with E-state index in [0.29, 0.717) is 11.6 Å². The summed E-state index contributed by atoms with van der Waals surface area (Å²) in [4.78, 5) is 11.0. The van der Waals surface area contributed by atoms with Crippen LogP contribution in [0.1, 0.15) is 36.2 Å². The van der Waals surface area contributed by atoms with Crippen LogP contribution < -0.4 is 9.62 Å². The third-order valence-electron chi connectivity index (χ3n) is 4.36. The predicted molar refractivity (Wildman–Crippen MR) is 98.7 cm³/mol. The minimum absolute atomic E-state index is 0.0382. The molecule has 3 rings (SSSR count). The maximum Gasteiger partial charge on any atom is 0.225 e. The van der Waals surface area contributed by atoms with Crippen molar-refractivity contribution >= 4 is 16.0 Å². The molecule has 146 valence electrons. The Hall–Kier alpha value is -2.13. The highest BCUT2D eigenvalue weighted by Gasteiger charge is 2.18. The van der Waals surface area contributed by atoms with E-state index in [4.69, 9.17) is 0 Å². The molecule has 1 aromatic heterocycles. The van der Waals surface area contributed by atoms with E-state index in [1.807, 2.05) is 6.92 Å². The molecule has 0 bridgehead atoms. The SMILES string of the molecule is Cc1cc(CNS(=O)(=O)Cc2cc(F)ccc2F)nc(N2CCCCC2)n1. The first-order valence-corrected chi connectivity index (χ1v) is 10.5. The Morgan fingerprint density at radius 2 is 1.85 bits per heavy atom. The molecule has 0 aliphatic carbocycles. The molecule has 0 atom stereocenters. The van der Waals surface area contributed by atoms with Crippen LogP contribution in [0.2, 0.25) is 0 Å². The van der Waals surface area contributed by atoms with E-state index in [2.05, 4.69) is 19.6 Å². The van der Waals surface area contributed by atoms with Gasteiger partial charge < -0.3 is 4.90 Å². The van der Waals surface area contributed by atoms with Crippen molar-refractivity contribution in [2.45, 2.75) is 38.5 Å². The quantitative estimate of drug-likeness (QED) is 0.813. The topological polar surface area (TPSA) is 75.2 Å². The summed E-state index contributed by atoms with van der Waals surface area (Å²) in [6.45, 7) is 3.56. The average Bonchev–Trinajstić information content (AvgIpc) is 2.63. The summed E-state index contributed by atoms with van der Waals surface area (Å²) in [5.41, 5.74) is 1.07. The van der Waals surface area contributed by atoms with Gasteiger partial charge in [-0.15, -0.1) is 0 Å². The van der Waals surface area contributed by atoms with E-state index >= 15 is 0 Å². The molecule has 6 nitrogen and oxygen atoms in total.